The van der Waals surface area contributed by atoms with Crippen LogP contribution >= 0.6 is 11.6 Å². The Morgan fingerprint density at radius 3 is 2.81 bits per heavy atom. The maximum atomic E-state index is 12.9. The molecular weight excluding hydrogens is 350 g/mol. The highest BCUT2D eigenvalue weighted by Gasteiger charge is 2.19. The predicted octanol–water partition coefficient (Wildman–Crippen LogP) is 3.66. The summed E-state index contributed by atoms with van der Waals surface area (Å²) < 4.78 is 1.75. The number of hydrogen-bond donors (Lipinski definition) is 0. The summed E-state index contributed by atoms with van der Waals surface area (Å²) in [5.74, 6) is 0.609. The molecule has 0 N–H and O–H groups in total. The number of rotatable bonds is 2. The minimum absolute atomic E-state index is 0.0249. The Bertz CT molecular complexity index is 1070. The van der Waals surface area contributed by atoms with Crippen molar-refractivity contribution in [3.63, 3.8) is 0 Å². The molecule has 5 nitrogen and oxygen atoms in total. The van der Waals surface area contributed by atoms with Gasteiger partial charge in [0.1, 0.15) is 5.82 Å². The van der Waals surface area contributed by atoms with E-state index in [1.165, 1.54) is 4.90 Å². The molecule has 0 radical (unpaired) electrons. The Balaban J connectivity index is 1.77. The number of carbonyl (C=O) groups excluding carboxylic acids is 1. The second kappa shape index (κ2) is 6.57. The number of nitrogens with zero attached hydrogens (tertiary/aromatic N) is 3. The Hall–Kier alpha value is -2.66. The number of anilines is 1. The highest BCUT2D eigenvalue weighted by atomic mass is 35.5. The van der Waals surface area contributed by atoms with Gasteiger partial charge in [-0.1, -0.05) is 23.7 Å². The van der Waals surface area contributed by atoms with Crippen molar-refractivity contribution in [3.05, 3.63) is 69.2 Å². The first kappa shape index (κ1) is 16.8. The second-order valence-electron chi connectivity index (χ2n) is 6.49. The van der Waals surface area contributed by atoms with Crippen LogP contribution in [-0.4, -0.2) is 22.5 Å². The van der Waals surface area contributed by atoms with Gasteiger partial charge in [0.25, 0.3) is 11.5 Å². The van der Waals surface area contributed by atoms with E-state index < -0.39 is 0 Å². The third kappa shape index (κ3) is 2.78. The van der Waals surface area contributed by atoms with Crippen molar-refractivity contribution in [2.75, 3.05) is 11.9 Å². The first-order valence-corrected chi connectivity index (χ1v) is 9.00. The van der Waals surface area contributed by atoms with Crippen LogP contribution < -0.4 is 10.5 Å². The van der Waals surface area contributed by atoms with Crippen LogP contribution in [0.5, 0.6) is 0 Å². The fourth-order valence-electron chi connectivity index (χ4n) is 3.40. The zero-order valence-corrected chi connectivity index (χ0v) is 15.2. The van der Waals surface area contributed by atoms with E-state index in [9.17, 15) is 9.59 Å². The average molecular weight is 368 g/mol. The Morgan fingerprint density at radius 1 is 1.19 bits per heavy atom. The van der Waals surface area contributed by atoms with Gasteiger partial charge in [-0.05, 0) is 43.2 Å². The van der Waals surface area contributed by atoms with Crippen molar-refractivity contribution in [2.45, 2.75) is 25.8 Å². The molecule has 0 saturated heterocycles. The van der Waals surface area contributed by atoms with Gasteiger partial charge in [0.05, 0.1) is 21.6 Å². The molecule has 2 aromatic carbocycles. The summed E-state index contributed by atoms with van der Waals surface area (Å²) in [6.07, 6.45) is 2.83. The average Bonchev–Trinajstić information content (AvgIpc) is 2.67. The maximum Gasteiger partial charge on any atom is 0.261 e. The van der Waals surface area contributed by atoms with Crippen LogP contribution in [-0.2, 0) is 13.0 Å². The monoisotopic (exact) mass is 367 g/mol. The largest absolute Gasteiger partial charge is 0.310 e. The molecule has 0 aliphatic carbocycles. The topological polar surface area (TPSA) is 55.2 Å². The zero-order valence-electron chi connectivity index (χ0n) is 14.4. The number of fused-ring (bicyclic) bond motifs is 2. The lowest BCUT2D eigenvalue weighted by molar-refractivity contribution is 0.0993. The van der Waals surface area contributed by atoms with Crippen molar-refractivity contribution < 1.29 is 4.79 Å². The highest BCUT2D eigenvalue weighted by Crippen LogP contribution is 2.26. The van der Waals surface area contributed by atoms with Gasteiger partial charge >= 0.3 is 0 Å². The SMILES string of the molecule is CN(C(=O)c1ccc2c(=O)n3c(nc2c1)CCCC3)c1ccccc1Cl. The van der Waals surface area contributed by atoms with Crippen molar-refractivity contribution in [2.24, 2.45) is 0 Å². The van der Waals surface area contributed by atoms with E-state index in [2.05, 4.69) is 4.98 Å². The van der Waals surface area contributed by atoms with Crippen molar-refractivity contribution >= 4 is 34.1 Å². The smallest absolute Gasteiger partial charge is 0.261 e. The molecule has 4 rings (SSSR count). The van der Waals surface area contributed by atoms with Crippen LogP contribution in [0.3, 0.4) is 0 Å². The van der Waals surface area contributed by atoms with Gasteiger partial charge in [0.2, 0.25) is 0 Å². The molecule has 3 aromatic rings. The quantitative estimate of drug-likeness (QED) is 0.694. The molecule has 1 amide bonds. The summed E-state index contributed by atoms with van der Waals surface area (Å²) in [5.41, 5.74) is 1.66. The fraction of sp³-hybridized carbons (Fsp3) is 0.250. The van der Waals surface area contributed by atoms with E-state index in [1.807, 2.05) is 12.1 Å². The third-order valence-electron chi connectivity index (χ3n) is 4.83. The molecule has 1 aliphatic heterocycles. The van der Waals surface area contributed by atoms with Gasteiger partial charge in [-0.2, -0.15) is 0 Å². The van der Waals surface area contributed by atoms with Crippen LogP contribution in [0.4, 0.5) is 5.69 Å². The van der Waals surface area contributed by atoms with E-state index >= 15 is 0 Å². The van der Waals surface area contributed by atoms with Gasteiger partial charge in [0, 0.05) is 25.6 Å². The van der Waals surface area contributed by atoms with E-state index in [-0.39, 0.29) is 11.5 Å². The molecule has 132 valence electrons. The Morgan fingerprint density at radius 2 is 2.00 bits per heavy atom. The van der Waals surface area contributed by atoms with Gasteiger partial charge < -0.3 is 4.90 Å². The van der Waals surface area contributed by atoms with Crippen LogP contribution in [0.25, 0.3) is 10.9 Å². The van der Waals surface area contributed by atoms with Crippen LogP contribution in [0.2, 0.25) is 5.02 Å². The number of aryl methyl sites for hydroxylation is 1. The lowest BCUT2D eigenvalue weighted by Gasteiger charge is -2.20. The van der Waals surface area contributed by atoms with Crippen molar-refractivity contribution in [1.29, 1.82) is 0 Å². The Labute approximate surface area is 155 Å². The summed E-state index contributed by atoms with van der Waals surface area (Å²) in [7, 11) is 1.68. The number of para-hydroxylation sites is 1. The highest BCUT2D eigenvalue weighted by molar-refractivity contribution is 6.34. The molecule has 2 heterocycles. The molecular formula is C20H18ClN3O2. The number of aromatic nitrogens is 2. The number of benzene rings is 2. The van der Waals surface area contributed by atoms with Crippen LogP contribution in [0.15, 0.2) is 47.3 Å². The molecule has 6 heteroatoms. The minimum Gasteiger partial charge on any atom is -0.310 e. The lowest BCUT2D eigenvalue weighted by Crippen LogP contribution is -2.29. The Kier molecular flexibility index (Phi) is 4.24. The van der Waals surface area contributed by atoms with Gasteiger partial charge in [-0.15, -0.1) is 0 Å². The summed E-state index contributed by atoms with van der Waals surface area (Å²) >= 11 is 6.20. The summed E-state index contributed by atoms with van der Waals surface area (Å²) in [4.78, 5) is 31.7. The summed E-state index contributed by atoms with van der Waals surface area (Å²) in [5, 5.41) is 1.06. The molecule has 0 spiro atoms. The molecule has 0 unspecified atom stereocenters. The number of amides is 1. The molecule has 0 saturated carbocycles. The van der Waals surface area contributed by atoms with Crippen LogP contribution in [0, 0.1) is 0 Å². The van der Waals surface area contributed by atoms with Crippen LogP contribution in [0.1, 0.15) is 29.0 Å². The third-order valence-corrected chi connectivity index (χ3v) is 5.15. The molecule has 1 aliphatic rings. The van der Waals surface area contributed by atoms with Gasteiger partial charge in [-0.3, -0.25) is 14.2 Å². The summed E-state index contributed by atoms with van der Waals surface area (Å²) in [6.45, 7) is 0.715. The molecule has 26 heavy (non-hydrogen) atoms. The van der Waals surface area contributed by atoms with Gasteiger partial charge in [-0.25, -0.2) is 4.98 Å². The molecule has 1 aromatic heterocycles. The van der Waals surface area contributed by atoms with Gasteiger partial charge in [0.15, 0.2) is 0 Å². The second-order valence-corrected chi connectivity index (χ2v) is 6.90. The predicted molar refractivity (Wildman–Crippen MR) is 103 cm³/mol. The minimum atomic E-state index is -0.195. The zero-order chi connectivity index (χ0) is 18.3. The molecule has 0 fully saturated rings. The first-order chi connectivity index (χ1) is 12.6. The standard InChI is InChI=1S/C20H18ClN3O2/c1-23(17-7-3-2-6-15(17)21)19(25)13-9-10-14-16(12-13)22-18-8-4-5-11-24(18)20(14)26/h2-3,6-7,9-10,12H,4-5,8,11H2,1H3. The van der Waals surface area contributed by atoms with E-state index in [1.54, 1.807) is 41.9 Å². The van der Waals surface area contributed by atoms with E-state index in [4.69, 9.17) is 11.6 Å². The van der Waals surface area contributed by atoms with E-state index in [0.29, 0.717) is 33.7 Å². The fourth-order valence-corrected chi connectivity index (χ4v) is 3.66. The maximum absolute atomic E-state index is 12.9. The van der Waals surface area contributed by atoms with Crippen molar-refractivity contribution in [1.82, 2.24) is 9.55 Å². The number of carbonyl (C=O) groups is 1. The van der Waals surface area contributed by atoms with Crippen molar-refractivity contribution in [3.8, 4) is 0 Å². The first-order valence-electron chi connectivity index (χ1n) is 8.62. The van der Waals surface area contributed by atoms with E-state index in [0.717, 1.165) is 25.1 Å². The lowest BCUT2D eigenvalue weighted by atomic mass is 10.1. The molecule has 0 bridgehead atoms. The molecule has 0 atom stereocenters. The number of hydrogen-bond acceptors (Lipinski definition) is 3. The normalized spacial score (nSPS) is 13.5. The summed E-state index contributed by atoms with van der Waals surface area (Å²) in [6, 6.07) is 12.3. The number of halogens is 1.